The van der Waals surface area contributed by atoms with Crippen molar-refractivity contribution < 1.29 is 40.9 Å². The maximum atomic E-state index is 10.3. The van der Waals surface area contributed by atoms with Gasteiger partial charge in [0.25, 0.3) is 0 Å². The first-order valence-electron chi connectivity index (χ1n) is 6.99. The molecule has 106 valence electrons. The second-order valence-electron chi connectivity index (χ2n) is 4.68. The maximum absolute atomic E-state index is 10.3. The zero-order valence-electron chi connectivity index (χ0n) is 13.5. The van der Waals surface area contributed by atoms with Crippen molar-refractivity contribution in [3.8, 4) is 0 Å². The minimum Gasteiger partial charge on any atom is -1.00 e. The normalized spacial score (nSPS) is 9.39. The minimum absolute atomic E-state index is 0. The molecule has 0 saturated carbocycles. The summed E-state index contributed by atoms with van der Waals surface area (Å²) in [6, 6.07) is 0. The molecular weight excluding hydrogens is 237 g/mol. The second-order valence-corrected chi connectivity index (χ2v) is 4.68. The van der Waals surface area contributed by atoms with Crippen LogP contribution in [0.3, 0.4) is 0 Å². The van der Waals surface area contributed by atoms with Gasteiger partial charge in [-0.2, -0.15) is 0 Å². The fourth-order valence-electron chi connectivity index (χ4n) is 1.94. The van der Waals surface area contributed by atoms with E-state index < -0.39 is 5.97 Å². The summed E-state index contributed by atoms with van der Waals surface area (Å²) >= 11 is 0. The van der Waals surface area contributed by atoms with E-state index in [9.17, 15) is 4.79 Å². The third-order valence-electron chi connectivity index (χ3n) is 2.99. The zero-order valence-corrected chi connectivity index (χ0v) is 14.5. The third-order valence-corrected chi connectivity index (χ3v) is 2.99. The summed E-state index contributed by atoms with van der Waals surface area (Å²) in [5.74, 6) is -0.657. The van der Waals surface area contributed by atoms with Gasteiger partial charge in [0, 0.05) is 6.42 Å². The molecular formula is C14H32NNaO2. The Kier molecular flexibility index (Phi) is 25.8. The van der Waals surface area contributed by atoms with Gasteiger partial charge < -0.3 is 12.7 Å². The number of rotatable bonds is 12. The van der Waals surface area contributed by atoms with Crippen molar-refractivity contribution in [2.75, 3.05) is 0 Å². The molecule has 4 heteroatoms. The number of hydrogen-bond acceptors (Lipinski definition) is 2. The molecule has 0 aliphatic carbocycles. The van der Waals surface area contributed by atoms with Crippen LogP contribution in [0.5, 0.6) is 0 Å². The molecule has 0 aromatic heterocycles. The molecule has 0 heterocycles. The molecule has 3 nitrogen and oxygen atoms in total. The van der Waals surface area contributed by atoms with Crippen LogP contribution in [-0.2, 0) is 4.79 Å². The van der Waals surface area contributed by atoms with Gasteiger partial charge in [-0.3, -0.25) is 4.79 Å². The molecule has 0 rings (SSSR count). The number of carboxylic acid groups (broad SMARTS) is 1. The topological polar surface area (TPSA) is 72.3 Å². The molecule has 0 fully saturated rings. The first-order chi connectivity index (χ1) is 7.77. The predicted octanol–water partition coefficient (Wildman–Crippen LogP) is 2.05. The average Bonchev–Trinajstić information content (AvgIpc) is 2.25. The van der Waals surface area contributed by atoms with Gasteiger partial charge in [0.1, 0.15) is 0 Å². The van der Waals surface area contributed by atoms with Crippen molar-refractivity contribution in [2.24, 2.45) is 0 Å². The summed E-state index contributed by atoms with van der Waals surface area (Å²) in [5.41, 5.74) is 0. The molecule has 0 saturated heterocycles. The molecule has 0 amide bonds. The van der Waals surface area contributed by atoms with E-state index in [1.54, 1.807) is 0 Å². The van der Waals surface area contributed by atoms with Crippen LogP contribution in [0.2, 0.25) is 0 Å². The third kappa shape index (κ3) is 21.7. The Labute approximate surface area is 136 Å². The molecule has 0 aromatic rings. The van der Waals surface area contributed by atoms with Crippen LogP contribution in [-0.4, -0.2) is 11.1 Å². The van der Waals surface area contributed by atoms with Crippen molar-refractivity contribution in [1.82, 2.24) is 6.15 Å². The molecule has 0 aromatic carbocycles. The molecule has 0 unspecified atom stereocenters. The van der Waals surface area contributed by atoms with E-state index in [0.717, 1.165) is 12.8 Å². The summed E-state index contributed by atoms with van der Waals surface area (Å²) < 4.78 is 0. The standard InChI is InChI=1S/C14H28O2.H3N.Na.H/c1-2-3-4-5-6-7-8-9-10-11-12-13-14(15)16;;;/h2-13H2,1H3,(H,15,16);1H3;;/q;;+1;-1. The van der Waals surface area contributed by atoms with E-state index in [4.69, 9.17) is 5.11 Å². The predicted molar refractivity (Wildman–Crippen MR) is 74.8 cm³/mol. The molecule has 18 heavy (non-hydrogen) atoms. The zero-order chi connectivity index (χ0) is 12.1. The number of carboxylic acids is 1. The second kappa shape index (κ2) is 19.8. The van der Waals surface area contributed by atoms with Crippen molar-refractivity contribution >= 4 is 5.97 Å². The smallest absolute Gasteiger partial charge is 1.00 e. The Morgan fingerprint density at radius 2 is 1.17 bits per heavy atom. The number of carbonyl (C=O) groups is 1. The molecule has 0 aliphatic heterocycles. The maximum Gasteiger partial charge on any atom is 1.00 e. The van der Waals surface area contributed by atoms with Crippen molar-refractivity contribution in [3.05, 3.63) is 0 Å². The monoisotopic (exact) mass is 269 g/mol. The Morgan fingerprint density at radius 1 is 0.833 bits per heavy atom. The molecule has 0 atom stereocenters. The summed E-state index contributed by atoms with van der Waals surface area (Å²) in [5, 5.41) is 8.46. The number of aliphatic carboxylic acids is 1. The minimum atomic E-state index is -0.657. The van der Waals surface area contributed by atoms with E-state index in [-0.39, 0.29) is 37.1 Å². The summed E-state index contributed by atoms with van der Waals surface area (Å²) in [4.78, 5) is 10.3. The molecule has 4 N–H and O–H groups in total. The molecule has 0 spiro atoms. The van der Waals surface area contributed by atoms with E-state index in [1.165, 1.54) is 57.8 Å². The fourth-order valence-corrected chi connectivity index (χ4v) is 1.94. The Morgan fingerprint density at radius 3 is 1.50 bits per heavy atom. The van der Waals surface area contributed by atoms with Gasteiger partial charge in [-0.05, 0) is 6.42 Å². The van der Waals surface area contributed by atoms with Gasteiger partial charge in [0.2, 0.25) is 0 Å². The summed E-state index contributed by atoms with van der Waals surface area (Å²) in [7, 11) is 0. The van der Waals surface area contributed by atoms with Gasteiger partial charge in [-0.1, -0.05) is 71.1 Å². The van der Waals surface area contributed by atoms with Crippen molar-refractivity contribution in [3.63, 3.8) is 0 Å². The van der Waals surface area contributed by atoms with Gasteiger partial charge in [-0.25, -0.2) is 0 Å². The Bertz CT molecular complexity index is 172. The number of unbranched alkanes of at least 4 members (excludes halogenated alkanes) is 10. The van der Waals surface area contributed by atoms with Gasteiger partial charge in [-0.15, -0.1) is 0 Å². The first kappa shape index (κ1) is 23.5. The fraction of sp³-hybridized carbons (Fsp3) is 0.929. The van der Waals surface area contributed by atoms with Crippen molar-refractivity contribution in [2.45, 2.75) is 84.0 Å². The van der Waals surface area contributed by atoms with Crippen molar-refractivity contribution in [1.29, 1.82) is 0 Å². The molecule has 0 aliphatic rings. The van der Waals surface area contributed by atoms with Crippen LogP contribution in [0.25, 0.3) is 0 Å². The summed E-state index contributed by atoms with van der Waals surface area (Å²) in [6.45, 7) is 2.25. The largest absolute Gasteiger partial charge is 1.00 e. The van der Waals surface area contributed by atoms with Gasteiger partial charge in [0.15, 0.2) is 0 Å². The van der Waals surface area contributed by atoms with Gasteiger partial charge >= 0.3 is 35.5 Å². The van der Waals surface area contributed by atoms with E-state index >= 15 is 0 Å². The van der Waals surface area contributed by atoms with Crippen LogP contribution in [0, 0.1) is 0 Å². The van der Waals surface area contributed by atoms with Gasteiger partial charge in [0.05, 0.1) is 0 Å². The molecule has 0 bridgehead atoms. The first-order valence-corrected chi connectivity index (χ1v) is 6.99. The average molecular weight is 269 g/mol. The number of hydrogen-bond donors (Lipinski definition) is 2. The van der Waals surface area contributed by atoms with E-state index in [2.05, 4.69) is 6.92 Å². The van der Waals surface area contributed by atoms with Crippen LogP contribution >= 0.6 is 0 Å². The van der Waals surface area contributed by atoms with E-state index in [0.29, 0.717) is 6.42 Å². The van der Waals surface area contributed by atoms with Crippen LogP contribution < -0.4 is 35.7 Å². The molecule has 0 radical (unpaired) electrons. The van der Waals surface area contributed by atoms with E-state index in [1.807, 2.05) is 0 Å². The van der Waals surface area contributed by atoms with Crippen LogP contribution in [0.1, 0.15) is 85.4 Å². The van der Waals surface area contributed by atoms with Crippen LogP contribution in [0.15, 0.2) is 0 Å². The van der Waals surface area contributed by atoms with Crippen LogP contribution in [0.4, 0.5) is 0 Å². The Hall–Kier alpha value is 0.430. The summed E-state index contributed by atoms with van der Waals surface area (Å²) in [6.07, 6.45) is 14.4. The Balaban J connectivity index is -0.000000375. The quantitative estimate of drug-likeness (QED) is 0.421. The SMILES string of the molecule is CCCCCCCCCCCCCC(=O)O.N.[H-].[Na+].